The van der Waals surface area contributed by atoms with Gasteiger partial charge in [0.25, 0.3) is 0 Å². The third kappa shape index (κ3) is 3.21. The lowest BCUT2D eigenvalue weighted by Gasteiger charge is -2.19. The molecule has 0 aliphatic carbocycles. The molecule has 0 spiro atoms. The predicted molar refractivity (Wildman–Crippen MR) is 48.6 cm³/mol. The molecule has 2 nitrogen and oxygen atoms in total. The second-order valence-corrected chi connectivity index (χ2v) is 4.13. The second kappa shape index (κ2) is 3.07. The number of aliphatic imine (C=N–C) groups is 1. The summed E-state index contributed by atoms with van der Waals surface area (Å²) >= 11 is 0. The topological polar surface area (TPSA) is 24.4 Å². The van der Waals surface area contributed by atoms with Gasteiger partial charge in [-0.15, -0.1) is 0 Å². The standard InChI is InChI=1S/C9H16N2/c1-9(2,3)4-8-5-10-7-11-6-8/h5-6,10H,4,7H2,1-3H3. The summed E-state index contributed by atoms with van der Waals surface area (Å²) < 4.78 is 0. The van der Waals surface area contributed by atoms with Gasteiger partial charge in [-0.1, -0.05) is 20.8 Å². The van der Waals surface area contributed by atoms with Crippen molar-refractivity contribution in [1.82, 2.24) is 5.32 Å². The summed E-state index contributed by atoms with van der Waals surface area (Å²) in [7, 11) is 0. The summed E-state index contributed by atoms with van der Waals surface area (Å²) in [6, 6.07) is 0. The van der Waals surface area contributed by atoms with E-state index in [2.05, 4.69) is 37.3 Å². The first kappa shape index (κ1) is 8.31. The number of rotatable bonds is 1. The van der Waals surface area contributed by atoms with Crippen LogP contribution in [0.1, 0.15) is 27.2 Å². The van der Waals surface area contributed by atoms with Crippen molar-refractivity contribution in [2.24, 2.45) is 10.4 Å². The van der Waals surface area contributed by atoms with Crippen LogP contribution in [0.5, 0.6) is 0 Å². The molecule has 0 saturated heterocycles. The molecular weight excluding hydrogens is 136 g/mol. The van der Waals surface area contributed by atoms with Gasteiger partial charge in [-0.05, 0) is 17.4 Å². The van der Waals surface area contributed by atoms with Gasteiger partial charge in [-0.25, -0.2) is 0 Å². The lowest BCUT2D eigenvalue weighted by molar-refractivity contribution is 0.414. The Labute approximate surface area is 68.4 Å². The molecule has 1 heterocycles. The number of allylic oxidation sites excluding steroid dienone is 1. The van der Waals surface area contributed by atoms with Crippen LogP contribution in [0, 0.1) is 5.41 Å². The smallest absolute Gasteiger partial charge is 0.107 e. The summed E-state index contributed by atoms with van der Waals surface area (Å²) in [5.74, 6) is 0. The molecule has 0 radical (unpaired) electrons. The van der Waals surface area contributed by atoms with Crippen LogP contribution < -0.4 is 5.32 Å². The van der Waals surface area contributed by atoms with Gasteiger partial charge in [0.1, 0.15) is 6.67 Å². The van der Waals surface area contributed by atoms with Gasteiger partial charge in [0, 0.05) is 12.4 Å². The molecular formula is C9H16N2. The summed E-state index contributed by atoms with van der Waals surface area (Å²) in [4.78, 5) is 4.14. The van der Waals surface area contributed by atoms with E-state index in [9.17, 15) is 0 Å². The summed E-state index contributed by atoms with van der Waals surface area (Å²) in [6.45, 7) is 7.43. The van der Waals surface area contributed by atoms with Crippen molar-refractivity contribution in [3.8, 4) is 0 Å². The number of nitrogens with zero attached hydrogens (tertiary/aromatic N) is 1. The van der Waals surface area contributed by atoms with E-state index < -0.39 is 0 Å². The summed E-state index contributed by atoms with van der Waals surface area (Å²) in [6.07, 6.45) is 5.10. The van der Waals surface area contributed by atoms with Gasteiger partial charge < -0.3 is 5.32 Å². The van der Waals surface area contributed by atoms with Crippen LogP contribution in [0.25, 0.3) is 0 Å². The first-order valence-corrected chi connectivity index (χ1v) is 4.00. The first-order valence-electron chi connectivity index (χ1n) is 4.00. The molecule has 2 heteroatoms. The zero-order chi connectivity index (χ0) is 8.32. The Hall–Kier alpha value is -0.790. The van der Waals surface area contributed by atoms with E-state index in [-0.39, 0.29) is 0 Å². The van der Waals surface area contributed by atoms with Gasteiger partial charge >= 0.3 is 0 Å². The maximum Gasteiger partial charge on any atom is 0.107 e. The van der Waals surface area contributed by atoms with Gasteiger partial charge in [0.15, 0.2) is 0 Å². The van der Waals surface area contributed by atoms with Crippen molar-refractivity contribution in [2.45, 2.75) is 27.2 Å². The molecule has 62 valence electrons. The molecule has 0 saturated carbocycles. The first-order chi connectivity index (χ1) is 5.08. The van der Waals surface area contributed by atoms with Crippen LogP contribution in [0.15, 0.2) is 16.8 Å². The average Bonchev–Trinajstić information content (AvgIpc) is 1.85. The molecule has 1 N–H and O–H groups in total. The highest BCUT2D eigenvalue weighted by atomic mass is 15.0. The van der Waals surface area contributed by atoms with Crippen molar-refractivity contribution in [2.75, 3.05) is 6.67 Å². The highest BCUT2D eigenvalue weighted by Crippen LogP contribution is 2.23. The largest absolute Gasteiger partial charge is 0.372 e. The minimum absolute atomic E-state index is 0.358. The Kier molecular flexibility index (Phi) is 2.32. The molecule has 0 unspecified atom stereocenters. The average molecular weight is 152 g/mol. The second-order valence-electron chi connectivity index (χ2n) is 4.13. The zero-order valence-corrected chi connectivity index (χ0v) is 7.52. The van der Waals surface area contributed by atoms with Crippen molar-refractivity contribution in [1.29, 1.82) is 0 Å². The highest BCUT2D eigenvalue weighted by Gasteiger charge is 2.12. The van der Waals surface area contributed by atoms with Gasteiger partial charge in [0.05, 0.1) is 0 Å². The van der Waals surface area contributed by atoms with Crippen LogP contribution in [-0.2, 0) is 0 Å². The molecule has 0 aromatic heterocycles. The zero-order valence-electron chi connectivity index (χ0n) is 7.52. The normalized spacial score (nSPS) is 17.5. The Morgan fingerprint density at radius 3 is 2.73 bits per heavy atom. The van der Waals surface area contributed by atoms with E-state index in [1.54, 1.807) is 0 Å². The maximum atomic E-state index is 4.14. The number of hydrogen-bond donors (Lipinski definition) is 1. The van der Waals surface area contributed by atoms with E-state index in [0.29, 0.717) is 5.41 Å². The summed E-state index contributed by atoms with van der Waals surface area (Å²) in [5.41, 5.74) is 1.65. The van der Waals surface area contributed by atoms with Crippen LogP contribution in [0.3, 0.4) is 0 Å². The molecule has 11 heavy (non-hydrogen) atoms. The van der Waals surface area contributed by atoms with Crippen LogP contribution in [0.4, 0.5) is 0 Å². The van der Waals surface area contributed by atoms with Gasteiger partial charge in [-0.2, -0.15) is 0 Å². The van der Waals surface area contributed by atoms with Gasteiger partial charge in [0.2, 0.25) is 0 Å². The fraction of sp³-hybridized carbons (Fsp3) is 0.667. The Bertz CT molecular complexity index is 184. The quantitative estimate of drug-likeness (QED) is 0.610. The van der Waals surface area contributed by atoms with Gasteiger partial charge in [-0.3, -0.25) is 4.99 Å². The van der Waals surface area contributed by atoms with Crippen LogP contribution in [0.2, 0.25) is 0 Å². The van der Waals surface area contributed by atoms with Crippen molar-refractivity contribution < 1.29 is 0 Å². The number of hydrogen-bond acceptors (Lipinski definition) is 2. The van der Waals surface area contributed by atoms with E-state index in [4.69, 9.17) is 0 Å². The lowest BCUT2D eigenvalue weighted by Crippen LogP contribution is -2.15. The Balaban J connectivity index is 2.49. The molecule has 0 aromatic carbocycles. The van der Waals surface area contributed by atoms with E-state index in [1.807, 2.05) is 6.21 Å². The molecule has 0 aromatic rings. The van der Waals surface area contributed by atoms with Crippen molar-refractivity contribution >= 4 is 6.21 Å². The summed E-state index contributed by atoms with van der Waals surface area (Å²) in [5, 5.41) is 3.10. The maximum absolute atomic E-state index is 4.14. The van der Waals surface area contributed by atoms with Crippen LogP contribution >= 0.6 is 0 Å². The minimum atomic E-state index is 0.358. The molecule has 0 amide bonds. The molecule has 0 atom stereocenters. The van der Waals surface area contributed by atoms with E-state index >= 15 is 0 Å². The fourth-order valence-corrected chi connectivity index (χ4v) is 1.14. The van der Waals surface area contributed by atoms with Crippen molar-refractivity contribution in [3.05, 3.63) is 11.8 Å². The molecule has 1 rings (SSSR count). The predicted octanol–water partition coefficient (Wildman–Crippen LogP) is 1.94. The third-order valence-corrected chi connectivity index (χ3v) is 1.46. The monoisotopic (exact) mass is 152 g/mol. The van der Waals surface area contributed by atoms with E-state index in [0.717, 1.165) is 13.1 Å². The molecule has 0 bridgehead atoms. The molecule has 1 aliphatic heterocycles. The van der Waals surface area contributed by atoms with Crippen molar-refractivity contribution in [3.63, 3.8) is 0 Å². The molecule has 1 aliphatic rings. The third-order valence-electron chi connectivity index (χ3n) is 1.46. The Morgan fingerprint density at radius 1 is 1.55 bits per heavy atom. The minimum Gasteiger partial charge on any atom is -0.372 e. The van der Waals surface area contributed by atoms with Crippen LogP contribution in [-0.4, -0.2) is 12.9 Å². The highest BCUT2D eigenvalue weighted by molar-refractivity contribution is 5.79. The Morgan fingerprint density at radius 2 is 2.27 bits per heavy atom. The lowest BCUT2D eigenvalue weighted by atomic mass is 9.88. The molecule has 0 fully saturated rings. The number of nitrogens with one attached hydrogen (secondary N) is 1. The SMILES string of the molecule is CC(C)(C)CC1=CNCN=C1. The fourth-order valence-electron chi connectivity index (χ4n) is 1.14. The van der Waals surface area contributed by atoms with E-state index in [1.165, 1.54) is 5.57 Å².